The van der Waals surface area contributed by atoms with Crippen molar-refractivity contribution in [1.29, 1.82) is 0 Å². The second kappa shape index (κ2) is 5.37. The molecular formula is C9H11N3S. The molecule has 0 bridgehead atoms. The van der Waals surface area contributed by atoms with Gasteiger partial charge in [0.1, 0.15) is 0 Å². The summed E-state index contributed by atoms with van der Waals surface area (Å²) in [5, 5.41) is 8.06. The standard InChI is InChI=1S/C9H11N3S/c1-13-9(10)12-11-7-8-5-3-2-4-6-8/h2-7H,1H3,(H2,10,12)/b11-7+. The minimum atomic E-state index is 0.465. The lowest BCUT2D eigenvalue weighted by Crippen LogP contribution is -2.03. The van der Waals surface area contributed by atoms with Crippen LogP contribution in [-0.4, -0.2) is 17.6 Å². The van der Waals surface area contributed by atoms with E-state index in [0.717, 1.165) is 5.56 Å². The molecule has 0 aliphatic carbocycles. The van der Waals surface area contributed by atoms with E-state index in [4.69, 9.17) is 5.73 Å². The van der Waals surface area contributed by atoms with E-state index in [9.17, 15) is 0 Å². The quantitative estimate of drug-likeness (QED) is 0.441. The van der Waals surface area contributed by atoms with Crippen molar-refractivity contribution in [3.8, 4) is 0 Å². The molecule has 68 valence electrons. The Hall–Kier alpha value is -1.29. The van der Waals surface area contributed by atoms with Crippen LogP contribution in [0.5, 0.6) is 0 Å². The van der Waals surface area contributed by atoms with Gasteiger partial charge in [-0.1, -0.05) is 42.1 Å². The van der Waals surface area contributed by atoms with E-state index in [1.807, 2.05) is 36.6 Å². The fourth-order valence-corrected chi connectivity index (χ4v) is 0.861. The molecule has 0 spiro atoms. The predicted octanol–water partition coefficient (Wildman–Crippen LogP) is 1.70. The lowest BCUT2D eigenvalue weighted by Gasteiger charge is -1.89. The zero-order valence-corrected chi connectivity index (χ0v) is 8.16. The first kappa shape index (κ1) is 9.80. The van der Waals surface area contributed by atoms with E-state index < -0.39 is 0 Å². The number of hydrogen-bond acceptors (Lipinski definition) is 3. The van der Waals surface area contributed by atoms with Crippen molar-refractivity contribution in [2.24, 2.45) is 15.9 Å². The maximum atomic E-state index is 5.44. The van der Waals surface area contributed by atoms with E-state index in [2.05, 4.69) is 10.2 Å². The van der Waals surface area contributed by atoms with Gasteiger partial charge in [-0.25, -0.2) is 0 Å². The summed E-state index contributed by atoms with van der Waals surface area (Å²) in [4.78, 5) is 0. The average molecular weight is 193 g/mol. The molecule has 0 unspecified atom stereocenters. The van der Waals surface area contributed by atoms with Crippen LogP contribution < -0.4 is 5.73 Å². The monoisotopic (exact) mass is 193 g/mol. The number of hydrogen-bond donors (Lipinski definition) is 1. The third-order valence-corrected chi connectivity index (χ3v) is 1.87. The minimum Gasteiger partial charge on any atom is -0.377 e. The van der Waals surface area contributed by atoms with Crippen molar-refractivity contribution in [3.05, 3.63) is 35.9 Å². The molecule has 0 atom stereocenters. The molecule has 1 aromatic rings. The number of amidine groups is 1. The van der Waals surface area contributed by atoms with Gasteiger partial charge in [0.25, 0.3) is 0 Å². The van der Waals surface area contributed by atoms with Gasteiger partial charge >= 0.3 is 0 Å². The molecule has 0 saturated carbocycles. The number of benzene rings is 1. The van der Waals surface area contributed by atoms with Crippen molar-refractivity contribution in [2.45, 2.75) is 0 Å². The first-order chi connectivity index (χ1) is 6.33. The Morgan fingerprint density at radius 3 is 2.69 bits per heavy atom. The molecule has 3 nitrogen and oxygen atoms in total. The summed E-state index contributed by atoms with van der Waals surface area (Å²) in [6.45, 7) is 0. The van der Waals surface area contributed by atoms with Gasteiger partial charge in [0.05, 0.1) is 6.21 Å². The molecule has 0 saturated heterocycles. The third kappa shape index (κ3) is 3.75. The van der Waals surface area contributed by atoms with Crippen LogP contribution in [0.2, 0.25) is 0 Å². The van der Waals surface area contributed by atoms with E-state index in [1.54, 1.807) is 6.21 Å². The zero-order chi connectivity index (χ0) is 9.52. The van der Waals surface area contributed by atoms with Crippen LogP contribution in [0.15, 0.2) is 40.5 Å². The van der Waals surface area contributed by atoms with E-state index in [-0.39, 0.29) is 0 Å². The molecule has 1 rings (SSSR count). The van der Waals surface area contributed by atoms with Gasteiger partial charge < -0.3 is 5.73 Å². The summed E-state index contributed by atoms with van der Waals surface area (Å²) < 4.78 is 0. The van der Waals surface area contributed by atoms with E-state index in [0.29, 0.717) is 5.17 Å². The molecule has 0 aromatic heterocycles. The van der Waals surface area contributed by atoms with Crippen molar-refractivity contribution >= 4 is 23.1 Å². The van der Waals surface area contributed by atoms with Gasteiger partial charge in [-0.3, -0.25) is 0 Å². The summed E-state index contributed by atoms with van der Waals surface area (Å²) in [6.07, 6.45) is 3.53. The Kier molecular flexibility index (Phi) is 4.05. The van der Waals surface area contributed by atoms with Gasteiger partial charge in [0, 0.05) is 0 Å². The lowest BCUT2D eigenvalue weighted by molar-refractivity contribution is 1.25. The fraction of sp³-hybridized carbons (Fsp3) is 0.111. The maximum absolute atomic E-state index is 5.44. The molecular weight excluding hydrogens is 182 g/mol. The third-order valence-electron chi connectivity index (χ3n) is 1.37. The van der Waals surface area contributed by atoms with Gasteiger partial charge in [0.2, 0.25) is 0 Å². The van der Waals surface area contributed by atoms with Gasteiger partial charge in [-0.15, -0.1) is 5.10 Å². The number of thioether (sulfide) groups is 1. The van der Waals surface area contributed by atoms with Crippen molar-refractivity contribution < 1.29 is 0 Å². The summed E-state index contributed by atoms with van der Waals surface area (Å²) in [5.74, 6) is 0. The molecule has 2 N–H and O–H groups in total. The average Bonchev–Trinajstić information content (AvgIpc) is 2.19. The SMILES string of the molecule is CS/C(N)=N/N=C/c1ccccc1. The molecule has 4 heteroatoms. The molecule has 0 radical (unpaired) electrons. The highest BCUT2D eigenvalue weighted by Gasteiger charge is 1.84. The zero-order valence-electron chi connectivity index (χ0n) is 7.34. The van der Waals surface area contributed by atoms with Gasteiger partial charge in [-0.2, -0.15) is 5.10 Å². The molecule has 0 fully saturated rings. The first-order valence-electron chi connectivity index (χ1n) is 3.78. The fourth-order valence-electron chi connectivity index (χ4n) is 0.732. The van der Waals surface area contributed by atoms with Gasteiger partial charge in [0.15, 0.2) is 5.17 Å². The highest BCUT2D eigenvalue weighted by Crippen LogP contribution is 1.95. The molecule has 0 heterocycles. The van der Waals surface area contributed by atoms with E-state index in [1.165, 1.54) is 11.8 Å². The Bertz CT molecular complexity index is 306. The normalized spacial score (nSPS) is 12.2. The summed E-state index contributed by atoms with van der Waals surface area (Å²) in [6, 6.07) is 9.76. The van der Waals surface area contributed by atoms with Crippen LogP contribution in [-0.2, 0) is 0 Å². The van der Waals surface area contributed by atoms with Crippen molar-refractivity contribution in [1.82, 2.24) is 0 Å². The Balaban J connectivity index is 2.60. The maximum Gasteiger partial charge on any atom is 0.180 e. The lowest BCUT2D eigenvalue weighted by atomic mass is 10.2. The van der Waals surface area contributed by atoms with Gasteiger partial charge in [-0.05, 0) is 11.8 Å². The van der Waals surface area contributed by atoms with Crippen LogP contribution in [0.1, 0.15) is 5.56 Å². The predicted molar refractivity (Wildman–Crippen MR) is 59.2 cm³/mol. The number of nitrogens with zero attached hydrogens (tertiary/aromatic N) is 2. The summed E-state index contributed by atoms with van der Waals surface area (Å²) in [5.41, 5.74) is 6.45. The minimum absolute atomic E-state index is 0.465. The largest absolute Gasteiger partial charge is 0.377 e. The second-order valence-electron chi connectivity index (χ2n) is 2.30. The molecule has 0 aliphatic rings. The van der Waals surface area contributed by atoms with Crippen LogP contribution in [0.3, 0.4) is 0 Å². The number of rotatable bonds is 2. The first-order valence-corrected chi connectivity index (χ1v) is 5.01. The topological polar surface area (TPSA) is 50.7 Å². The Labute approximate surface area is 81.8 Å². The van der Waals surface area contributed by atoms with Crippen LogP contribution >= 0.6 is 11.8 Å². The molecule has 0 aliphatic heterocycles. The Morgan fingerprint density at radius 2 is 2.08 bits per heavy atom. The molecule has 13 heavy (non-hydrogen) atoms. The highest BCUT2D eigenvalue weighted by atomic mass is 32.2. The summed E-state index contributed by atoms with van der Waals surface area (Å²) in [7, 11) is 0. The second-order valence-corrected chi connectivity index (χ2v) is 3.12. The van der Waals surface area contributed by atoms with Crippen LogP contribution in [0, 0.1) is 0 Å². The van der Waals surface area contributed by atoms with Crippen molar-refractivity contribution in [3.63, 3.8) is 0 Å². The number of nitrogens with two attached hydrogens (primary N) is 1. The van der Waals surface area contributed by atoms with Crippen molar-refractivity contribution in [2.75, 3.05) is 6.26 Å². The van der Waals surface area contributed by atoms with E-state index >= 15 is 0 Å². The highest BCUT2D eigenvalue weighted by molar-refractivity contribution is 8.13. The molecule has 1 aromatic carbocycles. The van der Waals surface area contributed by atoms with Crippen LogP contribution in [0.25, 0.3) is 0 Å². The smallest absolute Gasteiger partial charge is 0.180 e. The Morgan fingerprint density at radius 1 is 1.38 bits per heavy atom. The summed E-state index contributed by atoms with van der Waals surface area (Å²) >= 11 is 1.37. The molecule has 0 amide bonds. The van der Waals surface area contributed by atoms with Crippen LogP contribution in [0.4, 0.5) is 0 Å².